The monoisotopic (exact) mass is 380 g/mol. The van der Waals surface area contributed by atoms with E-state index >= 15 is 0 Å². The average molecular weight is 380 g/mol. The molecule has 9 heteroatoms. The van der Waals surface area contributed by atoms with Gasteiger partial charge in [0, 0.05) is 11.6 Å². The molecule has 0 atom stereocenters. The summed E-state index contributed by atoms with van der Waals surface area (Å²) < 4.78 is 45.3. The molecule has 0 aromatic heterocycles. The highest BCUT2D eigenvalue weighted by atomic mass is 32.2. The summed E-state index contributed by atoms with van der Waals surface area (Å²) in [6.45, 7) is 0. The number of hydrazone groups is 1. The zero-order chi connectivity index (χ0) is 19.2. The summed E-state index contributed by atoms with van der Waals surface area (Å²) in [5.41, 5.74) is 0.557. The molecule has 0 unspecified atom stereocenters. The van der Waals surface area contributed by atoms with Crippen molar-refractivity contribution in [1.29, 1.82) is 0 Å². The third-order valence-electron chi connectivity index (χ3n) is 3.48. The summed E-state index contributed by atoms with van der Waals surface area (Å²) in [5, 5.41) is 3.80. The summed E-state index contributed by atoms with van der Waals surface area (Å²) >= 11 is 0. The maximum Gasteiger partial charge on any atom is 0.276 e. The van der Waals surface area contributed by atoms with Crippen molar-refractivity contribution in [2.45, 2.75) is 4.90 Å². The molecule has 0 radical (unpaired) electrons. The average Bonchev–Trinajstić information content (AvgIpc) is 2.67. The molecule has 2 aromatic rings. The highest BCUT2D eigenvalue weighted by molar-refractivity contribution is 7.89. The fourth-order valence-corrected chi connectivity index (χ4v) is 2.95. The molecule has 0 spiro atoms. The minimum Gasteiger partial charge on any atom is -0.497 e. The number of hydrogen-bond acceptors (Lipinski definition) is 7. The Balaban J connectivity index is 2.24. The Morgan fingerprint density at radius 1 is 0.846 bits per heavy atom. The highest BCUT2D eigenvalue weighted by Crippen LogP contribution is 2.29. The second-order valence-corrected chi connectivity index (χ2v) is 6.64. The SMILES string of the molecule is COc1ccc(OC)c(/C=N/NS(=O)(=O)c2ccc(OC)c(OC)c2)c1. The molecule has 0 fully saturated rings. The predicted octanol–water partition coefficient (Wildman–Crippen LogP) is 2.03. The van der Waals surface area contributed by atoms with Crippen LogP contribution in [0.25, 0.3) is 0 Å². The van der Waals surface area contributed by atoms with E-state index in [-0.39, 0.29) is 4.90 Å². The lowest BCUT2D eigenvalue weighted by Gasteiger charge is -2.10. The quantitative estimate of drug-likeness (QED) is 0.556. The van der Waals surface area contributed by atoms with Gasteiger partial charge in [0.05, 0.1) is 39.5 Å². The van der Waals surface area contributed by atoms with E-state index in [1.807, 2.05) is 0 Å². The van der Waals surface area contributed by atoms with Gasteiger partial charge in [-0.2, -0.15) is 13.5 Å². The van der Waals surface area contributed by atoms with Gasteiger partial charge < -0.3 is 18.9 Å². The van der Waals surface area contributed by atoms with E-state index in [9.17, 15) is 8.42 Å². The first-order chi connectivity index (χ1) is 12.4. The van der Waals surface area contributed by atoms with Gasteiger partial charge in [-0.05, 0) is 30.3 Å². The highest BCUT2D eigenvalue weighted by Gasteiger charge is 2.16. The lowest BCUT2D eigenvalue weighted by Crippen LogP contribution is -2.18. The molecule has 0 amide bonds. The Bertz CT molecular complexity index is 896. The lowest BCUT2D eigenvalue weighted by molar-refractivity contribution is 0.354. The van der Waals surface area contributed by atoms with Crippen molar-refractivity contribution in [2.75, 3.05) is 28.4 Å². The number of hydrogen-bond donors (Lipinski definition) is 1. The Kier molecular flexibility index (Phi) is 6.29. The third-order valence-corrected chi connectivity index (χ3v) is 4.70. The van der Waals surface area contributed by atoms with Crippen molar-refractivity contribution in [3.8, 4) is 23.0 Å². The van der Waals surface area contributed by atoms with E-state index in [4.69, 9.17) is 18.9 Å². The smallest absolute Gasteiger partial charge is 0.276 e. The molecule has 0 aliphatic carbocycles. The van der Waals surface area contributed by atoms with Crippen molar-refractivity contribution in [1.82, 2.24) is 4.83 Å². The first-order valence-electron chi connectivity index (χ1n) is 7.44. The number of methoxy groups -OCH3 is 4. The molecule has 1 N–H and O–H groups in total. The standard InChI is InChI=1S/C17H20N2O6S/c1-22-13-5-7-15(23-2)12(9-13)11-18-19-26(20,21)14-6-8-16(24-3)17(10-14)25-4/h5-11,19H,1-4H3/b18-11+. The Morgan fingerprint density at radius 3 is 2.12 bits per heavy atom. The van der Waals surface area contributed by atoms with Crippen LogP contribution >= 0.6 is 0 Å². The minimum absolute atomic E-state index is 0.00935. The third kappa shape index (κ3) is 4.37. The molecule has 0 bridgehead atoms. The maximum absolute atomic E-state index is 12.4. The maximum atomic E-state index is 12.4. The van der Waals surface area contributed by atoms with Gasteiger partial charge in [-0.25, -0.2) is 4.83 Å². The zero-order valence-electron chi connectivity index (χ0n) is 14.8. The molecule has 0 saturated carbocycles. The summed E-state index contributed by atoms with van der Waals surface area (Å²) in [5.74, 6) is 1.85. The van der Waals surface area contributed by atoms with Crippen molar-refractivity contribution < 1.29 is 27.4 Å². The van der Waals surface area contributed by atoms with E-state index in [1.165, 1.54) is 52.9 Å². The fraction of sp³-hybridized carbons (Fsp3) is 0.235. The molecule has 140 valence electrons. The number of nitrogens with zero attached hydrogens (tertiary/aromatic N) is 1. The van der Waals surface area contributed by atoms with E-state index in [0.29, 0.717) is 28.6 Å². The molecule has 0 saturated heterocycles. The first-order valence-corrected chi connectivity index (χ1v) is 8.92. The molecular formula is C17H20N2O6S. The van der Waals surface area contributed by atoms with Crippen LogP contribution in [0.4, 0.5) is 0 Å². The van der Waals surface area contributed by atoms with E-state index in [2.05, 4.69) is 9.93 Å². The van der Waals surface area contributed by atoms with Crippen molar-refractivity contribution >= 4 is 16.2 Å². The molecule has 0 heterocycles. The van der Waals surface area contributed by atoms with Crippen LogP contribution in [0.2, 0.25) is 0 Å². The van der Waals surface area contributed by atoms with E-state index < -0.39 is 10.0 Å². The normalized spacial score (nSPS) is 11.2. The topological polar surface area (TPSA) is 95.5 Å². The summed E-state index contributed by atoms with van der Waals surface area (Å²) in [6, 6.07) is 9.34. The van der Waals surface area contributed by atoms with Crippen LogP contribution in [0, 0.1) is 0 Å². The molecule has 0 aliphatic rings. The second kappa shape index (κ2) is 8.43. The largest absolute Gasteiger partial charge is 0.497 e. The van der Waals surface area contributed by atoms with Crippen LogP contribution in [0.5, 0.6) is 23.0 Å². The Morgan fingerprint density at radius 2 is 1.50 bits per heavy atom. The van der Waals surface area contributed by atoms with E-state index in [0.717, 1.165) is 0 Å². The van der Waals surface area contributed by atoms with E-state index in [1.54, 1.807) is 18.2 Å². The molecule has 26 heavy (non-hydrogen) atoms. The Hall–Kier alpha value is -2.94. The van der Waals surface area contributed by atoms with Gasteiger partial charge in [-0.1, -0.05) is 0 Å². The van der Waals surface area contributed by atoms with Gasteiger partial charge in [0.25, 0.3) is 10.0 Å². The van der Waals surface area contributed by atoms with Crippen LogP contribution in [-0.4, -0.2) is 43.1 Å². The molecular weight excluding hydrogens is 360 g/mol. The van der Waals surface area contributed by atoms with Gasteiger partial charge >= 0.3 is 0 Å². The fourth-order valence-electron chi connectivity index (χ4n) is 2.14. The van der Waals surface area contributed by atoms with Crippen molar-refractivity contribution in [3.63, 3.8) is 0 Å². The van der Waals surface area contributed by atoms with Crippen molar-refractivity contribution in [3.05, 3.63) is 42.0 Å². The van der Waals surface area contributed by atoms with Gasteiger partial charge in [-0.3, -0.25) is 0 Å². The van der Waals surface area contributed by atoms with Crippen LogP contribution in [0.3, 0.4) is 0 Å². The molecule has 0 aliphatic heterocycles. The van der Waals surface area contributed by atoms with Crippen LogP contribution in [0.1, 0.15) is 5.56 Å². The van der Waals surface area contributed by atoms with Crippen molar-refractivity contribution in [2.24, 2.45) is 5.10 Å². The summed E-state index contributed by atoms with van der Waals surface area (Å²) in [6.07, 6.45) is 1.33. The second-order valence-electron chi connectivity index (χ2n) is 4.98. The number of nitrogens with one attached hydrogen (secondary N) is 1. The van der Waals surface area contributed by atoms with Gasteiger partial charge in [-0.15, -0.1) is 0 Å². The van der Waals surface area contributed by atoms with Gasteiger partial charge in [0.15, 0.2) is 11.5 Å². The number of rotatable bonds is 8. The summed E-state index contributed by atoms with van der Waals surface area (Å²) in [7, 11) is 2.05. The predicted molar refractivity (Wildman–Crippen MR) is 97.0 cm³/mol. The number of sulfonamides is 1. The molecule has 8 nitrogen and oxygen atoms in total. The lowest BCUT2D eigenvalue weighted by atomic mass is 10.2. The number of ether oxygens (including phenoxy) is 4. The van der Waals surface area contributed by atoms with Crippen LogP contribution < -0.4 is 23.8 Å². The van der Waals surface area contributed by atoms with Gasteiger partial charge in [0.1, 0.15) is 11.5 Å². The molecule has 2 rings (SSSR count). The van der Waals surface area contributed by atoms with Crippen LogP contribution in [0.15, 0.2) is 46.4 Å². The van der Waals surface area contributed by atoms with Gasteiger partial charge in [0.2, 0.25) is 0 Å². The Labute approximate surface area is 152 Å². The molecule has 2 aromatic carbocycles. The number of benzene rings is 2. The minimum atomic E-state index is -3.88. The zero-order valence-corrected chi connectivity index (χ0v) is 15.7. The van der Waals surface area contributed by atoms with Crippen LogP contribution in [-0.2, 0) is 10.0 Å². The summed E-state index contributed by atoms with van der Waals surface area (Å²) in [4.78, 5) is 2.14. The first kappa shape index (κ1) is 19.4.